The highest BCUT2D eigenvalue weighted by Gasteiger charge is 2.48. The number of aliphatic hydroxyl groups is 2. The Bertz CT molecular complexity index is 938. The van der Waals surface area contributed by atoms with Crippen molar-refractivity contribution in [3.05, 3.63) is 71.3 Å². The summed E-state index contributed by atoms with van der Waals surface area (Å²) in [5, 5.41) is 25.9. The van der Waals surface area contributed by atoms with Crippen molar-refractivity contribution < 1.29 is 37.7 Å². The Labute approximate surface area is 175 Å². The molecule has 31 heavy (non-hydrogen) atoms. The van der Waals surface area contributed by atoms with Crippen molar-refractivity contribution in [2.24, 2.45) is 0 Å². The molecule has 7 nitrogen and oxygen atoms in total. The van der Waals surface area contributed by atoms with Crippen LogP contribution in [0.2, 0.25) is 0 Å². The fourth-order valence-electron chi connectivity index (χ4n) is 3.16. The van der Waals surface area contributed by atoms with Crippen LogP contribution in [-0.4, -0.2) is 59.5 Å². The van der Waals surface area contributed by atoms with Gasteiger partial charge in [-0.05, 0) is 30.3 Å². The minimum Gasteiger partial charge on any atom is -0.387 e. The van der Waals surface area contributed by atoms with Crippen LogP contribution in [0.25, 0.3) is 0 Å². The lowest BCUT2D eigenvalue weighted by Gasteiger charge is -2.26. The molecule has 3 rings (SSSR count). The number of amides is 2. The molecule has 0 unspecified atom stereocenters. The molecule has 2 aromatic carbocycles. The molecule has 0 saturated carbocycles. The Morgan fingerprint density at radius 1 is 1.03 bits per heavy atom. The summed E-state index contributed by atoms with van der Waals surface area (Å²) in [6.45, 7) is -0.835. The van der Waals surface area contributed by atoms with Crippen LogP contribution in [0, 0.1) is 0 Å². The van der Waals surface area contributed by atoms with Gasteiger partial charge in [0.05, 0.1) is 18.7 Å². The van der Waals surface area contributed by atoms with E-state index in [4.69, 9.17) is 4.74 Å². The van der Waals surface area contributed by atoms with E-state index in [-0.39, 0.29) is 25.3 Å². The third kappa shape index (κ3) is 5.40. The summed E-state index contributed by atoms with van der Waals surface area (Å²) < 4.78 is 43.7. The molecule has 3 atom stereocenters. The van der Waals surface area contributed by atoms with E-state index in [1.807, 2.05) is 0 Å². The van der Waals surface area contributed by atoms with Crippen molar-refractivity contribution in [3.8, 4) is 0 Å². The normalized spacial score (nSPS) is 23.4. The molecule has 0 aromatic heterocycles. The second-order valence-electron chi connectivity index (χ2n) is 7.24. The zero-order chi connectivity index (χ0) is 22.6. The molecule has 0 aliphatic carbocycles. The molecule has 2 amide bonds. The second kappa shape index (κ2) is 9.04. The van der Waals surface area contributed by atoms with Crippen LogP contribution in [0.15, 0.2) is 54.6 Å². The fraction of sp³-hybridized carbons (Fsp3) is 0.333. The number of halogens is 3. The van der Waals surface area contributed by atoms with E-state index in [2.05, 4.69) is 10.6 Å². The molecular formula is C21H21F3N2O5. The lowest BCUT2D eigenvalue weighted by atomic mass is 9.96. The number of benzene rings is 2. The van der Waals surface area contributed by atoms with Gasteiger partial charge in [0.2, 0.25) is 0 Å². The third-order valence-corrected chi connectivity index (χ3v) is 4.96. The molecule has 10 heteroatoms. The van der Waals surface area contributed by atoms with Crippen molar-refractivity contribution in [2.45, 2.75) is 24.0 Å². The number of ether oxygens (including phenoxy) is 1. The zero-order valence-electron chi connectivity index (χ0n) is 16.2. The van der Waals surface area contributed by atoms with Gasteiger partial charge in [0.1, 0.15) is 17.8 Å². The number of nitrogens with one attached hydrogen (secondary N) is 2. The Morgan fingerprint density at radius 3 is 2.35 bits per heavy atom. The molecular weight excluding hydrogens is 417 g/mol. The molecule has 1 aliphatic rings. The summed E-state index contributed by atoms with van der Waals surface area (Å²) >= 11 is 0. The van der Waals surface area contributed by atoms with Crippen molar-refractivity contribution in [1.82, 2.24) is 10.6 Å². The number of carbonyl (C=O) groups excluding carboxylic acids is 2. The molecule has 0 radical (unpaired) electrons. The predicted molar refractivity (Wildman–Crippen MR) is 103 cm³/mol. The molecule has 0 bridgehead atoms. The third-order valence-electron chi connectivity index (χ3n) is 4.96. The fourth-order valence-corrected chi connectivity index (χ4v) is 3.16. The van der Waals surface area contributed by atoms with Gasteiger partial charge in [-0.3, -0.25) is 9.59 Å². The van der Waals surface area contributed by atoms with Crippen molar-refractivity contribution >= 4 is 11.8 Å². The molecule has 1 heterocycles. The Balaban J connectivity index is 1.54. The second-order valence-corrected chi connectivity index (χ2v) is 7.24. The number of hydrogen-bond acceptors (Lipinski definition) is 5. The standard InChI is InChI=1S/C21H21F3N2O5/c22-21(23,24)15-8-4-7-14(9-15)19(29)25-10-16-17(27)20(30,12-31-16)11-26-18(28)13-5-2-1-3-6-13/h1-9,16-17,27,30H,10-12H2,(H,25,29)(H,26,28)/t16-,17-,20+/m1/s1. The minimum absolute atomic E-state index is 0.201. The largest absolute Gasteiger partial charge is 0.416 e. The first-order valence-corrected chi connectivity index (χ1v) is 9.41. The van der Waals surface area contributed by atoms with Crippen molar-refractivity contribution in [2.75, 3.05) is 19.7 Å². The predicted octanol–water partition coefficient (Wildman–Crippen LogP) is 1.36. The van der Waals surface area contributed by atoms with E-state index >= 15 is 0 Å². The van der Waals surface area contributed by atoms with E-state index in [1.54, 1.807) is 30.3 Å². The zero-order valence-corrected chi connectivity index (χ0v) is 16.2. The monoisotopic (exact) mass is 438 g/mol. The van der Waals surface area contributed by atoms with Crippen molar-refractivity contribution in [1.29, 1.82) is 0 Å². The lowest BCUT2D eigenvalue weighted by molar-refractivity contribution is -0.137. The summed E-state index contributed by atoms with van der Waals surface area (Å²) in [6, 6.07) is 12.2. The summed E-state index contributed by atoms with van der Waals surface area (Å²) in [5.41, 5.74) is -2.56. The molecule has 4 N–H and O–H groups in total. The first-order chi connectivity index (χ1) is 14.6. The highest BCUT2D eigenvalue weighted by atomic mass is 19.4. The smallest absolute Gasteiger partial charge is 0.387 e. The van der Waals surface area contributed by atoms with Crippen LogP contribution in [0.3, 0.4) is 0 Å². The maximum atomic E-state index is 12.8. The van der Waals surface area contributed by atoms with Crippen LogP contribution in [0.5, 0.6) is 0 Å². The first kappa shape index (κ1) is 22.7. The van der Waals surface area contributed by atoms with Crippen molar-refractivity contribution in [3.63, 3.8) is 0 Å². The lowest BCUT2D eigenvalue weighted by Crippen LogP contribution is -2.53. The number of hydrogen-bond donors (Lipinski definition) is 4. The van der Waals surface area contributed by atoms with Gasteiger partial charge >= 0.3 is 6.18 Å². The molecule has 2 aromatic rings. The van der Waals surface area contributed by atoms with Gasteiger partial charge in [0.15, 0.2) is 0 Å². The Kier molecular flexibility index (Phi) is 6.63. The molecule has 1 fully saturated rings. The number of rotatable bonds is 6. The highest BCUT2D eigenvalue weighted by Crippen LogP contribution is 2.29. The van der Waals surface area contributed by atoms with E-state index in [0.29, 0.717) is 5.56 Å². The van der Waals surface area contributed by atoms with Gasteiger partial charge in [-0.1, -0.05) is 24.3 Å². The molecule has 166 valence electrons. The van der Waals surface area contributed by atoms with Gasteiger partial charge in [0.25, 0.3) is 11.8 Å². The molecule has 0 spiro atoms. The summed E-state index contributed by atoms with van der Waals surface area (Å²) in [6.07, 6.45) is -7.03. The van der Waals surface area contributed by atoms with E-state index in [0.717, 1.165) is 18.2 Å². The quantitative estimate of drug-likeness (QED) is 0.545. The molecule has 1 aliphatic heterocycles. The van der Waals surface area contributed by atoms with Gasteiger partial charge in [-0.15, -0.1) is 0 Å². The Hall–Kier alpha value is -2.95. The SMILES string of the molecule is O=C(NC[C@H]1OC[C@@](O)(CNC(=O)c2ccccc2)[C@@H]1O)c1cccc(C(F)(F)F)c1. The number of alkyl halides is 3. The van der Waals surface area contributed by atoms with E-state index in [1.165, 1.54) is 6.07 Å². The summed E-state index contributed by atoms with van der Waals surface area (Å²) in [5.74, 6) is -1.22. The highest BCUT2D eigenvalue weighted by molar-refractivity contribution is 5.94. The number of aliphatic hydroxyl groups excluding tert-OH is 1. The van der Waals surface area contributed by atoms with E-state index < -0.39 is 41.4 Å². The van der Waals surface area contributed by atoms with Crippen LogP contribution in [0.4, 0.5) is 13.2 Å². The maximum absolute atomic E-state index is 12.8. The summed E-state index contributed by atoms with van der Waals surface area (Å²) in [4.78, 5) is 24.3. The average Bonchev–Trinajstić information content (AvgIpc) is 3.04. The summed E-state index contributed by atoms with van der Waals surface area (Å²) in [7, 11) is 0. The van der Waals surface area contributed by atoms with Gasteiger partial charge in [-0.2, -0.15) is 13.2 Å². The topological polar surface area (TPSA) is 108 Å². The Morgan fingerprint density at radius 2 is 1.68 bits per heavy atom. The molecule has 1 saturated heterocycles. The average molecular weight is 438 g/mol. The number of carbonyl (C=O) groups is 2. The van der Waals surface area contributed by atoms with Gasteiger partial charge in [0, 0.05) is 17.7 Å². The van der Waals surface area contributed by atoms with Crippen LogP contribution >= 0.6 is 0 Å². The van der Waals surface area contributed by atoms with Gasteiger partial charge < -0.3 is 25.6 Å². The van der Waals surface area contributed by atoms with Crippen LogP contribution < -0.4 is 10.6 Å². The minimum atomic E-state index is -4.58. The first-order valence-electron chi connectivity index (χ1n) is 9.41. The van der Waals surface area contributed by atoms with Crippen LogP contribution in [-0.2, 0) is 10.9 Å². The maximum Gasteiger partial charge on any atom is 0.416 e. The van der Waals surface area contributed by atoms with Crippen LogP contribution in [0.1, 0.15) is 26.3 Å². The van der Waals surface area contributed by atoms with Gasteiger partial charge in [-0.25, -0.2) is 0 Å². The van der Waals surface area contributed by atoms with E-state index in [9.17, 15) is 33.0 Å².